The lowest BCUT2D eigenvalue weighted by Gasteiger charge is -1.88. The third-order valence-corrected chi connectivity index (χ3v) is 1.73. The van der Waals surface area contributed by atoms with E-state index in [2.05, 4.69) is 15.3 Å². The zero-order valence-electron chi connectivity index (χ0n) is 5.01. The molecule has 4 nitrogen and oxygen atoms in total. The van der Waals surface area contributed by atoms with Crippen molar-refractivity contribution in [2.75, 3.05) is 0 Å². The molecule has 0 amide bonds. The van der Waals surface area contributed by atoms with Gasteiger partial charge in [0.25, 0.3) is 0 Å². The molecular weight excluding hydrogens is 148 g/mol. The van der Waals surface area contributed by atoms with Crippen LogP contribution in [-0.4, -0.2) is 20.0 Å². The molecule has 2 aromatic heterocycles. The Labute approximate surface area is 61.1 Å². The van der Waals surface area contributed by atoms with E-state index in [4.69, 9.17) is 0 Å². The molecule has 2 heterocycles. The minimum atomic E-state index is 0.796. The van der Waals surface area contributed by atoms with E-state index in [0.29, 0.717) is 0 Å². The second-order valence-corrected chi connectivity index (χ2v) is 2.48. The van der Waals surface area contributed by atoms with Crippen LogP contribution in [0.5, 0.6) is 0 Å². The van der Waals surface area contributed by atoms with Gasteiger partial charge in [-0.25, -0.2) is 4.68 Å². The predicted molar refractivity (Wildman–Crippen MR) is 37.0 cm³/mol. The van der Waals surface area contributed by atoms with Crippen molar-refractivity contribution in [3.63, 3.8) is 0 Å². The molecule has 0 unspecified atom stereocenters. The summed E-state index contributed by atoms with van der Waals surface area (Å²) >= 11 is 1.46. The van der Waals surface area contributed by atoms with E-state index in [0.717, 1.165) is 5.13 Å². The van der Waals surface area contributed by atoms with Crippen molar-refractivity contribution in [1.82, 2.24) is 20.0 Å². The van der Waals surface area contributed by atoms with Crippen molar-refractivity contribution in [3.05, 3.63) is 24.0 Å². The topological polar surface area (TPSA) is 43.6 Å². The second kappa shape index (κ2) is 2.18. The van der Waals surface area contributed by atoms with Gasteiger partial charge in [0.2, 0.25) is 5.13 Å². The summed E-state index contributed by atoms with van der Waals surface area (Å²) in [5, 5.41) is 12.3. The van der Waals surface area contributed by atoms with E-state index < -0.39 is 0 Å². The van der Waals surface area contributed by atoms with Crippen LogP contribution >= 0.6 is 11.3 Å². The van der Waals surface area contributed by atoms with Crippen molar-refractivity contribution >= 4 is 11.3 Å². The molecule has 0 aliphatic heterocycles. The van der Waals surface area contributed by atoms with Crippen LogP contribution in [0.4, 0.5) is 0 Å². The summed E-state index contributed by atoms with van der Waals surface area (Å²) in [4.78, 5) is 0. The Morgan fingerprint density at radius 1 is 1.50 bits per heavy atom. The van der Waals surface area contributed by atoms with Gasteiger partial charge in [0.15, 0.2) is 0 Å². The molecule has 0 saturated carbocycles. The highest BCUT2D eigenvalue weighted by molar-refractivity contribution is 7.11. The number of hydrogen-bond acceptors (Lipinski definition) is 4. The molecule has 2 rings (SSSR count). The number of rotatable bonds is 1. The van der Waals surface area contributed by atoms with Crippen LogP contribution < -0.4 is 0 Å². The molecule has 0 bridgehead atoms. The molecule has 0 spiro atoms. The Balaban J connectivity index is 2.48. The first-order chi connectivity index (χ1) is 4.97. The fraction of sp³-hybridized carbons (Fsp3) is 0. The number of nitrogens with zero attached hydrogens (tertiary/aromatic N) is 4. The Morgan fingerprint density at radius 3 is 3.10 bits per heavy atom. The van der Waals surface area contributed by atoms with Gasteiger partial charge in [-0.1, -0.05) is 11.3 Å². The SMILES string of the molecule is c1cnn(-c2nncs2)c1. The Hall–Kier alpha value is -1.23. The van der Waals surface area contributed by atoms with Crippen LogP contribution in [0.3, 0.4) is 0 Å². The standard InChI is InChI=1S/C5H4N4S/c1-2-7-9(3-1)5-8-6-4-10-5/h1-4H. The van der Waals surface area contributed by atoms with Crippen LogP contribution in [-0.2, 0) is 0 Å². The quantitative estimate of drug-likeness (QED) is 0.604. The Kier molecular flexibility index (Phi) is 1.21. The molecule has 0 N–H and O–H groups in total. The first-order valence-electron chi connectivity index (χ1n) is 2.73. The summed E-state index contributed by atoms with van der Waals surface area (Å²) in [5.41, 5.74) is 1.68. The summed E-state index contributed by atoms with van der Waals surface area (Å²) < 4.78 is 1.68. The van der Waals surface area contributed by atoms with Gasteiger partial charge in [-0.15, -0.1) is 10.2 Å². The van der Waals surface area contributed by atoms with Crippen LogP contribution in [0, 0.1) is 0 Å². The van der Waals surface area contributed by atoms with E-state index in [1.807, 2.05) is 12.3 Å². The van der Waals surface area contributed by atoms with Gasteiger partial charge in [0.1, 0.15) is 5.51 Å². The third-order valence-electron chi connectivity index (χ3n) is 1.05. The maximum atomic E-state index is 3.98. The van der Waals surface area contributed by atoms with Crippen LogP contribution in [0.2, 0.25) is 0 Å². The molecular formula is C5H4N4S. The van der Waals surface area contributed by atoms with Gasteiger partial charge < -0.3 is 0 Å². The molecule has 2 aromatic rings. The lowest BCUT2D eigenvalue weighted by atomic mass is 10.8. The highest BCUT2D eigenvalue weighted by Crippen LogP contribution is 2.05. The van der Waals surface area contributed by atoms with Crippen molar-refractivity contribution in [2.45, 2.75) is 0 Å². The van der Waals surface area contributed by atoms with Gasteiger partial charge in [-0.3, -0.25) is 0 Å². The van der Waals surface area contributed by atoms with Crippen LogP contribution in [0.15, 0.2) is 24.0 Å². The van der Waals surface area contributed by atoms with E-state index in [1.54, 1.807) is 16.4 Å². The van der Waals surface area contributed by atoms with Gasteiger partial charge >= 0.3 is 0 Å². The molecule has 0 aromatic carbocycles. The smallest absolute Gasteiger partial charge is 0.212 e. The average molecular weight is 152 g/mol. The van der Waals surface area contributed by atoms with Gasteiger partial charge in [-0.2, -0.15) is 5.10 Å². The number of hydrogen-bond donors (Lipinski definition) is 0. The molecule has 10 heavy (non-hydrogen) atoms. The van der Waals surface area contributed by atoms with Crippen molar-refractivity contribution < 1.29 is 0 Å². The minimum absolute atomic E-state index is 0.796. The summed E-state index contributed by atoms with van der Waals surface area (Å²) in [6, 6.07) is 1.85. The van der Waals surface area contributed by atoms with Gasteiger partial charge in [0, 0.05) is 12.4 Å². The normalized spacial score (nSPS) is 10.0. The Bertz CT molecular complexity index is 253. The minimum Gasteiger partial charge on any atom is -0.212 e. The fourth-order valence-electron chi connectivity index (χ4n) is 0.649. The summed E-state index contributed by atoms with van der Waals surface area (Å²) in [6.45, 7) is 0. The average Bonchev–Trinajstić information content (AvgIpc) is 2.59. The summed E-state index contributed by atoms with van der Waals surface area (Å²) in [6.07, 6.45) is 3.54. The maximum Gasteiger partial charge on any atom is 0.232 e. The number of aromatic nitrogens is 4. The first kappa shape index (κ1) is 5.55. The van der Waals surface area contributed by atoms with Crippen molar-refractivity contribution in [3.8, 4) is 5.13 Å². The molecule has 0 atom stereocenters. The molecule has 0 aliphatic carbocycles. The summed E-state index contributed by atoms with van der Waals surface area (Å²) in [7, 11) is 0. The van der Waals surface area contributed by atoms with E-state index in [9.17, 15) is 0 Å². The second-order valence-electron chi connectivity index (χ2n) is 1.67. The van der Waals surface area contributed by atoms with E-state index in [-0.39, 0.29) is 0 Å². The molecule has 0 radical (unpaired) electrons. The zero-order chi connectivity index (χ0) is 6.81. The summed E-state index contributed by atoms with van der Waals surface area (Å²) in [5.74, 6) is 0. The monoisotopic (exact) mass is 152 g/mol. The van der Waals surface area contributed by atoms with Crippen molar-refractivity contribution in [1.29, 1.82) is 0 Å². The third kappa shape index (κ3) is 0.801. The lowest BCUT2D eigenvalue weighted by molar-refractivity contribution is 0.846. The van der Waals surface area contributed by atoms with Gasteiger partial charge in [-0.05, 0) is 6.07 Å². The fourth-order valence-corrected chi connectivity index (χ4v) is 1.15. The van der Waals surface area contributed by atoms with Gasteiger partial charge in [0.05, 0.1) is 0 Å². The molecule has 0 fully saturated rings. The highest BCUT2D eigenvalue weighted by atomic mass is 32.1. The van der Waals surface area contributed by atoms with Crippen LogP contribution in [0.1, 0.15) is 0 Å². The zero-order valence-corrected chi connectivity index (χ0v) is 5.82. The Morgan fingerprint density at radius 2 is 2.50 bits per heavy atom. The van der Waals surface area contributed by atoms with Crippen molar-refractivity contribution in [2.24, 2.45) is 0 Å². The molecule has 5 heteroatoms. The molecule has 50 valence electrons. The van der Waals surface area contributed by atoms with E-state index >= 15 is 0 Å². The highest BCUT2D eigenvalue weighted by Gasteiger charge is 1.96. The molecule has 0 saturated heterocycles. The largest absolute Gasteiger partial charge is 0.232 e. The van der Waals surface area contributed by atoms with Crippen LogP contribution in [0.25, 0.3) is 5.13 Å². The lowest BCUT2D eigenvalue weighted by Crippen LogP contribution is -1.92. The maximum absolute atomic E-state index is 3.98. The predicted octanol–water partition coefficient (Wildman–Crippen LogP) is 0.724. The molecule has 0 aliphatic rings. The first-order valence-corrected chi connectivity index (χ1v) is 3.61. The van der Waals surface area contributed by atoms with E-state index in [1.165, 1.54) is 11.3 Å².